The summed E-state index contributed by atoms with van der Waals surface area (Å²) in [4.78, 5) is 23.9. The molecule has 1 amide bonds. The van der Waals surface area contributed by atoms with Crippen LogP contribution in [0.5, 0.6) is 0 Å². The summed E-state index contributed by atoms with van der Waals surface area (Å²) in [6, 6.07) is -1.21. The molecule has 0 aliphatic carbocycles. The molecule has 0 aromatic heterocycles. The van der Waals surface area contributed by atoms with Crippen molar-refractivity contribution >= 4 is 11.9 Å². The van der Waals surface area contributed by atoms with Gasteiger partial charge in [0, 0.05) is 6.42 Å². The second kappa shape index (κ2) is 31.3. The molecule has 0 aliphatic heterocycles. The third kappa shape index (κ3) is 28.3. The molecule has 0 fully saturated rings. The SMILES string of the molecule is CCCCCC=CCC=CCCCCCCCC(=O)NC(C(=O)O)C(O)CCCCCCCCCCCCCCC. The highest BCUT2D eigenvalue weighted by molar-refractivity contribution is 5.83. The molecule has 3 N–H and O–H groups in total. The van der Waals surface area contributed by atoms with Crippen molar-refractivity contribution in [2.45, 2.75) is 193 Å². The molecule has 0 saturated heterocycles. The second-order valence-electron chi connectivity index (χ2n) is 12.0. The number of rotatable bonds is 31. The molecule has 0 bridgehead atoms. The van der Waals surface area contributed by atoms with Crippen LogP contribution in [0.1, 0.15) is 181 Å². The number of aliphatic hydroxyl groups is 1. The fraction of sp³-hybridized carbons (Fsp3) is 0.833. The van der Waals surface area contributed by atoms with Gasteiger partial charge < -0.3 is 15.5 Å². The number of nitrogens with one attached hydrogen (secondary N) is 1. The van der Waals surface area contributed by atoms with Gasteiger partial charge in [0.05, 0.1) is 6.10 Å². The first-order valence-electron chi connectivity index (χ1n) is 17.5. The van der Waals surface area contributed by atoms with Crippen molar-refractivity contribution in [1.82, 2.24) is 5.32 Å². The number of carbonyl (C=O) groups excluding carboxylic acids is 1. The van der Waals surface area contributed by atoms with Crippen molar-refractivity contribution < 1.29 is 19.8 Å². The molecule has 0 aromatic carbocycles. The molecule has 5 nitrogen and oxygen atoms in total. The lowest BCUT2D eigenvalue weighted by molar-refractivity contribution is -0.145. The average molecular weight is 578 g/mol. The maximum Gasteiger partial charge on any atom is 0.328 e. The fourth-order valence-electron chi connectivity index (χ4n) is 5.20. The Morgan fingerprint density at radius 2 is 1.00 bits per heavy atom. The van der Waals surface area contributed by atoms with Crippen molar-refractivity contribution in [2.24, 2.45) is 0 Å². The van der Waals surface area contributed by atoms with Crippen LogP contribution in [0.3, 0.4) is 0 Å². The minimum Gasteiger partial charge on any atom is -0.480 e. The Labute approximate surface area is 254 Å². The smallest absolute Gasteiger partial charge is 0.328 e. The van der Waals surface area contributed by atoms with Gasteiger partial charge in [-0.05, 0) is 44.9 Å². The summed E-state index contributed by atoms with van der Waals surface area (Å²) in [6.45, 7) is 4.48. The molecule has 0 spiro atoms. The standard InChI is InChI=1S/C36H67NO4/c1-3-5-7-9-11-13-15-17-18-20-22-24-26-28-30-32-34(39)37-35(36(40)41)33(38)31-29-27-25-23-21-19-16-14-12-10-8-6-4-2/h11,13,17-18,33,35,38H,3-10,12,14-16,19-32H2,1-2H3,(H,37,39)(H,40,41). The maximum absolute atomic E-state index is 12.3. The number of unbranched alkanes of at least 4 members (excludes halogenated alkanes) is 20. The average Bonchev–Trinajstić information content (AvgIpc) is 2.96. The van der Waals surface area contributed by atoms with Gasteiger partial charge in [0.15, 0.2) is 6.04 Å². The number of carboxylic acid groups (broad SMARTS) is 1. The lowest BCUT2D eigenvalue weighted by atomic mass is 10.0. The first-order chi connectivity index (χ1) is 20.0. The lowest BCUT2D eigenvalue weighted by Gasteiger charge is -2.20. The Hall–Kier alpha value is -1.62. The van der Waals surface area contributed by atoms with Gasteiger partial charge in [0.2, 0.25) is 5.91 Å². The number of carboxylic acids is 1. The van der Waals surface area contributed by atoms with Gasteiger partial charge in [-0.3, -0.25) is 4.79 Å². The maximum atomic E-state index is 12.3. The summed E-state index contributed by atoms with van der Waals surface area (Å²) in [5.41, 5.74) is 0. The fourth-order valence-corrected chi connectivity index (χ4v) is 5.20. The second-order valence-corrected chi connectivity index (χ2v) is 12.0. The predicted octanol–water partition coefficient (Wildman–Crippen LogP) is 10.2. The van der Waals surface area contributed by atoms with Crippen LogP contribution in [0.15, 0.2) is 24.3 Å². The van der Waals surface area contributed by atoms with E-state index in [4.69, 9.17) is 0 Å². The van der Waals surface area contributed by atoms with E-state index in [0.29, 0.717) is 12.8 Å². The first-order valence-corrected chi connectivity index (χ1v) is 17.5. The summed E-state index contributed by atoms with van der Waals surface area (Å²) in [5.74, 6) is -1.42. The van der Waals surface area contributed by atoms with Crippen molar-refractivity contribution in [3.63, 3.8) is 0 Å². The van der Waals surface area contributed by atoms with Gasteiger partial charge in [-0.2, -0.15) is 0 Å². The summed E-state index contributed by atoms with van der Waals surface area (Å²) in [5, 5.41) is 22.5. The number of allylic oxidation sites excluding steroid dienone is 4. The Morgan fingerprint density at radius 3 is 1.51 bits per heavy atom. The van der Waals surface area contributed by atoms with Crippen molar-refractivity contribution in [1.29, 1.82) is 0 Å². The monoisotopic (exact) mass is 578 g/mol. The van der Waals surface area contributed by atoms with Crippen LogP contribution in [-0.2, 0) is 9.59 Å². The third-order valence-electron chi connectivity index (χ3n) is 7.93. The van der Waals surface area contributed by atoms with Gasteiger partial charge >= 0.3 is 5.97 Å². The number of hydrogen-bond acceptors (Lipinski definition) is 3. The van der Waals surface area contributed by atoms with Gasteiger partial charge in [-0.1, -0.05) is 154 Å². The number of carbonyl (C=O) groups is 2. The van der Waals surface area contributed by atoms with Crippen LogP contribution in [-0.4, -0.2) is 34.2 Å². The van der Waals surface area contributed by atoms with E-state index in [1.165, 1.54) is 89.9 Å². The van der Waals surface area contributed by atoms with Crippen LogP contribution in [0.4, 0.5) is 0 Å². The zero-order valence-corrected chi connectivity index (χ0v) is 27.1. The van der Waals surface area contributed by atoms with Crippen molar-refractivity contribution in [2.75, 3.05) is 0 Å². The molecule has 0 rings (SSSR count). The Bertz CT molecular complexity index is 645. The zero-order valence-electron chi connectivity index (χ0n) is 27.1. The third-order valence-corrected chi connectivity index (χ3v) is 7.93. The normalized spacial score (nSPS) is 13.2. The topological polar surface area (TPSA) is 86.6 Å². The zero-order chi connectivity index (χ0) is 30.2. The van der Waals surface area contributed by atoms with Crippen LogP contribution < -0.4 is 5.32 Å². The predicted molar refractivity (Wildman–Crippen MR) is 175 cm³/mol. The molecule has 0 aromatic rings. The van der Waals surface area contributed by atoms with Crippen LogP contribution in [0, 0.1) is 0 Å². The van der Waals surface area contributed by atoms with Crippen molar-refractivity contribution in [3.05, 3.63) is 24.3 Å². The largest absolute Gasteiger partial charge is 0.480 e. The van der Waals surface area contributed by atoms with Crippen LogP contribution in [0.2, 0.25) is 0 Å². The Morgan fingerprint density at radius 1 is 0.585 bits per heavy atom. The summed E-state index contributed by atoms with van der Waals surface area (Å²) in [7, 11) is 0. The highest BCUT2D eigenvalue weighted by Gasteiger charge is 2.27. The van der Waals surface area contributed by atoms with Gasteiger partial charge in [-0.15, -0.1) is 0 Å². The highest BCUT2D eigenvalue weighted by atomic mass is 16.4. The van der Waals surface area contributed by atoms with E-state index in [9.17, 15) is 19.8 Å². The number of amides is 1. The summed E-state index contributed by atoms with van der Waals surface area (Å²) >= 11 is 0. The van der Waals surface area contributed by atoms with Crippen molar-refractivity contribution in [3.8, 4) is 0 Å². The van der Waals surface area contributed by atoms with E-state index in [1.54, 1.807) is 0 Å². The first kappa shape index (κ1) is 39.4. The van der Waals surface area contributed by atoms with E-state index < -0.39 is 18.1 Å². The number of aliphatic hydroxyl groups excluding tert-OH is 1. The Kier molecular flexibility index (Phi) is 30.1. The molecular weight excluding hydrogens is 510 g/mol. The molecular formula is C36H67NO4. The molecule has 2 atom stereocenters. The molecule has 0 radical (unpaired) electrons. The van der Waals surface area contributed by atoms with E-state index in [-0.39, 0.29) is 5.91 Å². The molecule has 0 heterocycles. The molecule has 5 heteroatoms. The van der Waals surface area contributed by atoms with Crippen LogP contribution >= 0.6 is 0 Å². The number of aliphatic carboxylic acids is 1. The minimum absolute atomic E-state index is 0.271. The molecule has 2 unspecified atom stereocenters. The quantitative estimate of drug-likeness (QED) is 0.0565. The van der Waals surface area contributed by atoms with E-state index >= 15 is 0 Å². The summed E-state index contributed by atoms with van der Waals surface area (Å²) in [6.07, 6.45) is 37.2. The van der Waals surface area contributed by atoms with E-state index in [1.807, 2.05) is 0 Å². The van der Waals surface area contributed by atoms with Crippen LogP contribution in [0.25, 0.3) is 0 Å². The Balaban J connectivity index is 3.75. The molecule has 240 valence electrons. The molecule has 41 heavy (non-hydrogen) atoms. The minimum atomic E-state index is -1.21. The highest BCUT2D eigenvalue weighted by Crippen LogP contribution is 2.15. The van der Waals surface area contributed by atoms with Gasteiger partial charge in [0.25, 0.3) is 0 Å². The molecule has 0 aliphatic rings. The van der Waals surface area contributed by atoms with E-state index in [2.05, 4.69) is 43.5 Å². The molecule has 0 saturated carbocycles. The summed E-state index contributed by atoms with van der Waals surface area (Å²) < 4.78 is 0. The van der Waals surface area contributed by atoms with Gasteiger partial charge in [-0.25, -0.2) is 4.79 Å². The lowest BCUT2D eigenvalue weighted by Crippen LogP contribution is -2.48. The van der Waals surface area contributed by atoms with E-state index in [0.717, 1.165) is 64.2 Å². The number of hydrogen-bond donors (Lipinski definition) is 3. The van der Waals surface area contributed by atoms with Gasteiger partial charge in [0.1, 0.15) is 0 Å².